The molecule has 0 aromatic heterocycles. The average Bonchev–Trinajstić information content (AvgIpc) is 2.95. The summed E-state index contributed by atoms with van der Waals surface area (Å²) in [4.78, 5) is 0. The third-order valence-electron chi connectivity index (χ3n) is 6.95. The highest BCUT2D eigenvalue weighted by Crippen LogP contribution is 2.42. The lowest BCUT2D eigenvalue weighted by Crippen LogP contribution is -2.33. The minimum absolute atomic E-state index is 0.325. The molecule has 3 aromatic carbocycles. The summed E-state index contributed by atoms with van der Waals surface area (Å²) in [5.41, 5.74) is 8.14. The molecular formula is C25H29B. The van der Waals surface area contributed by atoms with E-state index >= 15 is 0 Å². The van der Waals surface area contributed by atoms with Gasteiger partial charge in [0.05, 0.1) is 0 Å². The summed E-state index contributed by atoms with van der Waals surface area (Å²) in [5.74, 6) is 0. The molecule has 0 saturated heterocycles. The van der Waals surface area contributed by atoms with Crippen molar-refractivity contribution in [3.05, 3.63) is 65.7 Å². The monoisotopic (exact) mass is 340 g/mol. The van der Waals surface area contributed by atoms with Crippen LogP contribution in [0.2, 0.25) is 6.32 Å². The quantitative estimate of drug-likeness (QED) is 0.404. The van der Waals surface area contributed by atoms with Crippen LogP contribution >= 0.6 is 0 Å². The minimum atomic E-state index is 0.325. The van der Waals surface area contributed by atoms with E-state index in [-0.39, 0.29) is 0 Å². The molecule has 0 bridgehead atoms. The number of fused-ring (bicyclic) bond motifs is 4. The van der Waals surface area contributed by atoms with Gasteiger partial charge < -0.3 is 0 Å². The van der Waals surface area contributed by atoms with Crippen molar-refractivity contribution in [3.63, 3.8) is 0 Å². The largest absolute Gasteiger partial charge is 0.158 e. The molecule has 0 spiro atoms. The Hall–Kier alpha value is -2.02. The molecule has 0 fully saturated rings. The zero-order valence-electron chi connectivity index (χ0n) is 16.8. The second kappa shape index (κ2) is 6.01. The molecule has 0 unspecified atom stereocenters. The molecule has 0 aliphatic heterocycles. The van der Waals surface area contributed by atoms with E-state index in [0.717, 1.165) is 6.42 Å². The smallest absolute Gasteiger partial charge is 0.0804 e. The maximum absolute atomic E-state index is 2.41. The topological polar surface area (TPSA) is 0 Å². The van der Waals surface area contributed by atoms with E-state index in [2.05, 4.69) is 89.2 Å². The van der Waals surface area contributed by atoms with Crippen molar-refractivity contribution >= 4 is 23.5 Å². The van der Waals surface area contributed by atoms with E-state index in [0.29, 0.717) is 10.8 Å². The van der Waals surface area contributed by atoms with Gasteiger partial charge in [-0.15, -0.1) is 0 Å². The maximum Gasteiger partial charge on any atom is 0.158 e. The fourth-order valence-electron chi connectivity index (χ4n) is 4.03. The lowest BCUT2D eigenvalue weighted by Gasteiger charge is -2.39. The summed E-state index contributed by atoms with van der Waals surface area (Å²) >= 11 is 0. The first-order valence-corrected chi connectivity index (χ1v) is 9.89. The van der Waals surface area contributed by atoms with Gasteiger partial charge in [0.1, 0.15) is 0 Å². The predicted molar refractivity (Wildman–Crippen MR) is 117 cm³/mol. The molecule has 0 radical (unpaired) electrons. The van der Waals surface area contributed by atoms with E-state index in [1.807, 2.05) is 0 Å². The molecule has 1 aliphatic rings. The van der Waals surface area contributed by atoms with Crippen molar-refractivity contribution < 1.29 is 0 Å². The third-order valence-corrected chi connectivity index (χ3v) is 6.95. The zero-order valence-corrected chi connectivity index (χ0v) is 16.8. The highest BCUT2D eigenvalue weighted by Gasteiger charge is 2.33. The second-order valence-corrected chi connectivity index (χ2v) is 9.61. The van der Waals surface area contributed by atoms with Gasteiger partial charge in [-0.2, -0.15) is 0 Å². The number of hydrogen-bond donors (Lipinski definition) is 0. The van der Waals surface area contributed by atoms with E-state index < -0.39 is 0 Å². The van der Waals surface area contributed by atoms with Crippen LogP contribution in [-0.4, -0.2) is 7.28 Å². The molecule has 132 valence electrons. The summed E-state index contributed by atoms with van der Waals surface area (Å²) in [6, 6.07) is 20.4. The van der Waals surface area contributed by atoms with Crippen molar-refractivity contribution in [2.24, 2.45) is 10.8 Å². The Bertz CT molecular complexity index is 973. The van der Waals surface area contributed by atoms with Gasteiger partial charge >= 0.3 is 0 Å². The number of hydrogen-bond acceptors (Lipinski definition) is 0. The Labute approximate surface area is 158 Å². The lowest BCUT2D eigenvalue weighted by molar-refractivity contribution is 0.157. The number of benzene rings is 3. The maximum atomic E-state index is 2.41. The van der Waals surface area contributed by atoms with Crippen LogP contribution in [0.4, 0.5) is 0 Å². The third kappa shape index (κ3) is 2.88. The molecular weight excluding hydrogens is 311 g/mol. The molecule has 0 heterocycles. The van der Waals surface area contributed by atoms with Crippen LogP contribution < -0.4 is 5.46 Å². The molecule has 0 atom stereocenters. The van der Waals surface area contributed by atoms with E-state index in [1.54, 1.807) is 11.0 Å². The normalized spacial score (nSPS) is 13.6. The van der Waals surface area contributed by atoms with Crippen LogP contribution in [0, 0.1) is 10.8 Å². The summed E-state index contributed by atoms with van der Waals surface area (Å²) in [6.07, 6.45) is 2.31. The summed E-state index contributed by atoms with van der Waals surface area (Å²) in [7, 11) is 1.17. The first-order valence-electron chi connectivity index (χ1n) is 9.89. The Balaban J connectivity index is 1.69. The van der Waals surface area contributed by atoms with Gasteiger partial charge in [-0.05, 0) is 56.3 Å². The molecule has 1 heteroatoms. The van der Waals surface area contributed by atoms with Crippen molar-refractivity contribution in [2.75, 3.05) is 0 Å². The van der Waals surface area contributed by atoms with Gasteiger partial charge in [0.15, 0.2) is 7.28 Å². The van der Waals surface area contributed by atoms with Gasteiger partial charge in [0.2, 0.25) is 0 Å². The first-order chi connectivity index (χ1) is 12.3. The molecule has 0 N–H and O–H groups in total. The molecule has 0 nitrogen and oxygen atoms in total. The van der Waals surface area contributed by atoms with Gasteiger partial charge in [0, 0.05) is 0 Å². The number of rotatable bonds is 3. The fourth-order valence-corrected chi connectivity index (χ4v) is 4.03. The average molecular weight is 340 g/mol. The van der Waals surface area contributed by atoms with Crippen LogP contribution in [0.15, 0.2) is 54.6 Å². The minimum Gasteiger partial charge on any atom is -0.0804 e. The molecule has 4 rings (SSSR count). The van der Waals surface area contributed by atoms with Gasteiger partial charge in [-0.25, -0.2) is 0 Å². The Morgan fingerprint density at radius 2 is 1.50 bits per heavy atom. The van der Waals surface area contributed by atoms with E-state index in [4.69, 9.17) is 0 Å². The van der Waals surface area contributed by atoms with Crippen LogP contribution in [-0.2, 0) is 6.42 Å². The van der Waals surface area contributed by atoms with Crippen LogP contribution in [0.3, 0.4) is 0 Å². The SMILES string of the molecule is CC(C)(C)C(C)(C)CBc1cccc2c1Cc1cc3ccccc3cc1-2. The molecule has 0 saturated carbocycles. The van der Waals surface area contributed by atoms with Crippen molar-refractivity contribution in [3.8, 4) is 11.1 Å². The van der Waals surface area contributed by atoms with Gasteiger partial charge in [-0.3, -0.25) is 0 Å². The summed E-state index contributed by atoms with van der Waals surface area (Å²) in [5, 5.41) is 2.70. The second-order valence-electron chi connectivity index (χ2n) is 9.61. The summed E-state index contributed by atoms with van der Waals surface area (Å²) in [6.45, 7) is 11.9. The lowest BCUT2D eigenvalue weighted by atomic mass is 9.52. The summed E-state index contributed by atoms with van der Waals surface area (Å²) < 4.78 is 0. The Morgan fingerprint density at radius 1 is 0.808 bits per heavy atom. The fraction of sp³-hybridized carbons (Fsp3) is 0.360. The van der Waals surface area contributed by atoms with E-state index in [1.165, 1.54) is 41.1 Å². The first kappa shape index (κ1) is 17.4. The van der Waals surface area contributed by atoms with Crippen molar-refractivity contribution in [1.82, 2.24) is 0 Å². The van der Waals surface area contributed by atoms with Gasteiger partial charge in [-0.1, -0.05) is 94.9 Å². The standard InChI is InChI=1S/C25H29B/c1-24(2,3)25(4,5)16-26-23-12-8-11-20-21-14-18-10-7-6-9-17(18)13-19(21)15-22(20)23/h6-14,26H,15-16H2,1-5H3. The highest BCUT2D eigenvalue weighted by atomic mass is 14.3. The van der Waals surface area contributed by atoms with Crippen LogP contribution in [0.25, 0.3) is 21.9 Å². The zero-order chi connectivity index (χ0) is 18.5. The molecule has 1 aliphatic carbocycles. The van der Waals surface area contributed by atoms with Crippen LogP contribution in [0.1, 0.15) is 45.7 Å². The van der Waals surface area contributed by atoms with Crippen LogP contribution in [0.5, 0.6) is 0 Å². The molecule has 3 aromatic rings. The molecule has 26 heavy (non-hydrogen) atoms. The predicted octanol–water partition coefficient (Wildman–Crippen LogP) is 5.96. The Morgan fingerprint density at radius 3 is 2.19 bits per heavy atom. The van der Waals surface area contributed by atoms with Gasteiger partial charge in [0.25, 0.3) is 0 Å². The van der Waals surface area contributed by atoms with E-state index in [9.17, 15) is 0 Å². The highest BCUT2D eigenvalue weighted by molar-refractivity contribution is 6.54. The Kier molecular flexibility index (Phi) is 4.02. The van der Waals surface area contributed by atoms with Crippen molar-refractivity contribution in [2.45, 2.75) is 47.4 Å². The molecule has 0 amide bonds. The van der Waals surface area contributed by atoms with Crippen molar-refractivity contribution in [1.29, 1.82) is 0 Å².